The minimum atomic E-state index is -0.931. The van der Waals surface area contributed by atoms with Crippen molar-refractivity contribution in [3.05, 3.63) is 40.2 Å². The van der Waals surface area contributed by atoms with Crippen LogP contribution in [0.2, 0.25) is 0 Å². The molecule has 0 spiro atoms. The molecule has 0 amide bonds. The molecular formula is C14H15NO3S. The van der Waals surface area contributed by atoms with Crippen molar-refractivity contribution in [2.75, 3.05) is 6.61 Å². The molecule has 1 N–H and O–H groups in total. The van der Waals surface area contributed by atoms with Crippen molar-refractivity contribution in [2.45, 2.75) is 20.0 Å². The average Bonchev–Trinajstić information content (AvgIpc) is 2.89. The van der Waals surface area contributed by atoms with E-state index in [0.717, 1.165) is 16.3 Å². The second-order valence-corrected chi connectivity index (χ2v) is 4.94. The van der Waals surface area contributed by atoms with Crippen LogP contribution in [0.1, 0.15) is 35.3 Å². The maximum absolute atomic E-state index is 10.9. The van der Waals surface area contributed by atoms with Gasteiger partial charge >= 0.3 is 5.97 Å². The van der Waals surface area contributed by atoms with Crippen molar-refractivity contribution in [3.8, 4) is 11.3 Å². The first kappa shape index (κ1) is 13.7. The largest absolute Gasteiger partial charge is 0.478 e. The van der Waals surface area contributed by atoms with E-state index in [1.54, 1.807) is 18.2 Å². The summed E-state index contributed by atoms with van der Waals surface area (Å²) in [4.78, 5) is 15.4. The van der Waals surface area contributed by atoms with E-state index in [-0.39, 0.29) is 11.7 Å². The number of ether oxygens (including phenoxy) is 1. The number of aromatic carboxylic acids is 1. The van der Waals surface area contributed by atoms with E-state index in [1.165, 1.54) is 11.3 Å². The van der Waals surface area contributed by atoms with Crippen molar-refractivity contribution in [1.82, 2.24) is 4.98 Å². The third-order valence-electron chi connectivity index (χ3n) is 2.69. The highest BCUT2D eigenvalue weighted by Crippen LogP contribution is 2.27. The summed E-state index contributed by atoms with van der Waals surface area (Å²) in [6.07, 6.45) is -0.0357. The van der Waals surface area contributed by atoms with E-state index in [1.807, 2.05) is 25.3 Å². The molecule has 2 aromatic rings. The van der Waals surface area contributed by atoms with E-state index in [9.17, 15) is 4.79 Å². The van der Waals surface area contributed by atoms with Crippen LogP contribution < -0.4 is 0 Å². The Hall–Kier alpha value is -1.72. The molecule has 0 saturated carbocycles. The third-order valence-corrected chi connectivity index (χ3v) is 3.70. The van der Waals surface area contributed by atoms with Crippen LogP contribution in [-0.4, -0.2) is 22.7 Å². The van der Waals surface area contributed by atoms with Gasteiger partial charge in [-0.1, -0.05) is 12.1 Å². The molecule has 100 valence electrons. The summed E-state index contributed by atoms with van der Waals surface area (Å²) in [5.74, 6) is -0.931. The van der Waals surface area contributed by atoms with Gasteiger partial charge in [-0.05, 0) is 26.0 Å². The molecule has 2 rings (SSSR count). The van der Waals surface area contributed by atoms with Gasteiger partial charge in [0, 0.05) is 17.6 Å². The Kier molecular flexibility index (Phi) is 4.29. The lowest BCUT2D eigenvalue weighted by Crippen LogP contribution is -1.99. The highest BCUT2D eigenvalue weighted by molar-refractivity contribution is 7.10. The van der Waals surface area contributed by atoms with Gasteiger partial charge in [0.15, 0.2) is 0 Å². The lowest BCUT2D eigenvalue weighted by molar-refractivity contribution is 0.0696. The second-order valence-electron chi connectivity index (χ2n) is 4.05. The summed E-state index contributed by atoms with van der Waals surface area (Å²) in [5.41, 5.74) is 1.87. The van der Waals surface area contributed by atoms with Crippen LogP contribution >= 0.6 is 11.3 Å². The molecule has 1 unspecified atom stereocenters. The normalized spacial score (nSPS) is 12.3. The summed E-state index contributed by atoms with van der Waals surface area (Å²) in [6.45, 7) is 4.55. The standard InChI is InChI=1S/C14H15NO3S/c1-3-18-9(2)13-15-12(8-19-13)10-5-4-6-11(7-10)14(16)17/h4-9H,3H2,1-2H3,(H,16,17). The van der Waals surface area contributed by atoms with E-state index in [2.05, 4.69) is 4.98 Å². The molecule has 1 atom stereocenters. The van der Waals surface area contributed by atoms with Gasteiger partial charge in [0.05, 0.1) is 11.3 Å². The van der Waals surface area contributed by atoms with E-state index in [0.29, 0.717) is 6.61 Å². The molecule has 4 nitrogen and oxygen atoms in total. The lowest BCUT2D eigenvalue weighted by Gasteiger charge is -2.07. The van der Waals surface area contributed by atoms with Crippen molar-refractivity contribution < 1.29 is 14.6 Å². The van der Waals surface area contributed by atoms with Crippen LogP contribution in [0, 0.1) is 0 Å². The van der Waals surface area contributed by atoms with E-state index < -0.39 is 5.97 Å². The van der Waals surface area contributed by atoms with Crippen LogP contribution in [-0.2, 0) is 4.74 Å². The molecule has 0 aliphatic carbocycles. The minimum Gasteiger partial charge on any atom is -0.478 e. The molecule has 19 heavy (non-hydrogen) atoms. The summed E-state index contributed by atoms with van der Waals surface area (Å²) >= 11 is 1.52. The number of hydrogen-bond acceptors (Lipinski definition) is 4. The molecule has 5 heteroatoms. The number of carboxylic acid groups (broad SMARTS) is 1. The SMILES string of the molecule is CCOC(C)c1nc(-c2cccc(C(=O)O)c2)cs1. The highest BCUT2D eigenvalue weighted by atomic mass is 32.1. The predicted octanol–water partition coefficient (Wildman–Crippen LogP) is 3.61. The first-order valence-electron chi connectivity index (χ1n) is 6.02. The summed E-state index contributed by atoms with van der Waals surface area (Å²) < 4.78 is 5.49. The molecule has 0 radical (unpaired) electrons. The molecule has 0 bridgehead atoms. The lowest BCUT2D eigenvalue weighted by atomic mass is 10.1. The smallest absolute Gasteiger partial charge is 0.335 e. The Morgan fingerprint density at radius 1 is 1.53 bits per heavy atom. The molecule has 0 fully saturated rings. The summed E-state index contributed by atoms with van der Waals surface area (Å²) in [5, 5.41) is 11.8. The molecule has 1 aromatic carbocycles. The van der Waals surface area contributed by atoms with Crippen LogP contribution in [0.25, 0.3) is 11.3 Å². The molecule has 1 aromatic heterocycles. The Labute approximate surface area is 115 Å². The summed E-state index contributed by atoms with van der Waals surface area (Å²) in [6, 6.07) is 6.79. The number of benzene rings is 1. The number of rotatable bonds is 5. The maximum Gasteiger partial charge on any atom is 0.335 e. The van der Waals surface area contributed by atoms with Crippen LogP contribution in [0.15, 0.2) is 29.6 Å². The van der Waals surface area contributed by atoms with Gasteiger partial charge in [-0.2, -0.15) is 0 Å². The monoisotopic (exact) mass is 277 g/mol. The van der Waals surface area contributed by atoms with Crippen molar-refractivity contribution >= 4 is 17.3 Å². The Bertz CT molecular complexity index is 580. The van der Waals surface area contributed by atoms with Crippen LogP contribution in [0.3, 0.4) is 0 Å². The predicted molar refractivity (Wildman–Crippen MR) is 74.6 cm³/mol. The van der Waals surface area contributed by atoms with Gasteiger partial charge in [-0.15, -0.1) is 11.3 Å². The molecule has 0 aliphatic rings. The first-order valence-corrected chi connectivity index (χ1v) is 6.90. The van der Waals surface area contributed by atoms with Gasteiger partial charge < -0.3 is 9.84 Å². The molecule has 0 aliphatic heterocycles. The van der Waals surface area contributed by atoms with Crippen LogP contribution in [0.5, 0.6) is 0 Å². The quantitative estimate of drug-likeness (QED) is 0.907. The zero-order valence-corrected chi connectivity index (χ0v) is 11.6. The number of hydrogen-bond donors (Lipinski definition) is 1. The summed E-state index contributed by atoms with van der Waals surface area (Å²) in [7, 11) is 0. The average molecular weight is 277 g/mol. The van der Waals surface area contributed by atoms with Crippen molar-refractivity contribution in [1.29, 1.82) is 0 Å². The number of nitrogens with zero attached hydrogens (tertiary/aromatic N) is 1. The van der Waals surface area contributed by atoms with Crippen molar-refractivity contribution in [3.63, 3.8) is 0 Å². The fourth-order valence-electron chi connectivity index (χ4n) is 1.74. The number of aromatic nitrogens is 1. The Morgan fingerprint density at radius 2 is 2.32 bits per heavy atom. The zero-order chi connectivity index (χ0) is 13.8. The van der Waals surface area contributed by atoms with Crippen molar-refractivity contribution in [2.24, 2.45) is 0 Å². The van der Waals surface area contributed by atoms with Gasteiger partial charge in [-0.3, -0.25) is 0 Å². The second kappa shape index (κ2) is 5.95. The molecular weight excluding hydrogens is 262 g/mol. The van der Waals surface area contributed by atoms with E-state index in [4.69, 9.17) is 9.84 Å². The highest BCUT2D eigenvalue weighted by Gasteiger charge is 2.12. The zero-order valence-electron chi connectivity index (χ0n) is 10.8. The minimum absolute atomic E-state index is 0.0357. The van der Waals surface area contributed by atoms with Crippen LogP contribution in [0.4, 0.5) is 0 Å². The number of thiazole rings is 1. The Morgan fingerprint density at radius 3 is 3.00 bits per heavy atom. The first-order chi connectivity index (χ1) is 9.11. The van der Waals surface area contributed by atoms with Gasteiger partial charge in [-0.25, -0.2) is 9.78 Å². The van der Waals surface area contributed by atoms with Gasteiger partial charge in [0.1, 0.15) is 11.1 Å². The Balaban J connectivity index is 2.27. The fraction of sp³-hybridized carbons (Fsp3) is 0.286. The number of carbonyl (C=O) groups is 1. The van der Waals surface area contributed by atoms with Gasteiger partial charge in [0.2, 0.25) is 0 Å². The maximum atomic E-state index is 10.9. The number of carboxylic acids is 1. The van der Waals surface area contributed by atoms with E-state index >= 15 is 0 Å². The topological polar surface area (TPSA) is 59.4 Å². The molecule has 0 saturated heterocycles. The fourth-order valence-corrected chi connectivity index (χ4v) is 2.57. The third kappa shape index (κ3) is 3.19. The van der Waals surface area contributed by atoms with Gasteiger partial charge in [0.25, 0.3) is 0 Å². The molecule has 1 heterocycles.